The average Bonchev–Trinajstić information content (AvgIpc) is 2.95. The van der Waals surface area contributed by atoms with Gasteiger partial charge in [-0.15, -0.1) is 0 Å². The summed E-state index contributed by atoms with van der Waals surface area (Å²) in [6, 6.07) is 12.4. The largest absolute Gasteiger partial charge is 0.358 e. The molecule has 0 aliphatic carbocycles. The van der Waals surface area contributed by atoms with Crippen LogP contribution in [0.15, 0.2) is 42.6 Å². The summed E-state index contributed by atoms with van der Waals surface area (Å²) in [5.41, 5.74) is 4.18. The zero-order chi connectivity index (χ0) is 14.9. The third kappa shape index (κ3) is 2.29. The molecule has 4 heteroatoms. The topological polar surface area (TPSA) is 39.9 Å². The lowest BCUT2D eigenvalue weighted by Gasteiger charge is -2.25. The Morgan fingerprint density at radius 2 is 2.14 bits per heavy atom. The molecule has 1 aliphatic rings. The lowest BCUT2D eigenvalue weighted by atomic mass is 10.1. The van der Waals surface area contributed by atoms with E-state index in [0.29, 0.717) is 0 Å². The zero-order valence-corrected chi connectivity index (χ0v) is 12.7. The lowest BCUT2D eigenvalue weighted by molar-refractivity contribution is -0.0287. The third-order valence-corrected chi connectivity index (χ3v) is 4.17. The van der Waals surface area contributed by atoms with E-state index in [1.807, 2.05) is 18.3 Å². The van der Waals surface area contributed by atoms with E-state index in [2.05, 4.69) is 40.7 Å². The van der Waals surface area contributed by atoms with Gasteiger partial charge in [-0.2, -0.15) is 0 Å². The van der Waals surface area contributed by atoms with E-state index < -0.39 is 0 Å². The van der Waals surface area contributed by atoms with Gasteiger partial charge in [-0.1, -0.05) is 23.8 Å². The smallest absolute Gasteiger partial charge is 0.162 e. The first-order valence-corrected chi connectivity index (χ1v) is 7.84. The summed E-state index contributed by atoms with van der Waals surface area (Å²) in [4.78, 5) is 9.37. The number of fused-ring (bicyclic) bond motifs is 1. The molecule has 4 rings (SSSR count). The molecule has 0 radical (unpaired) electrons. The van der Waals surface area contributed by atoms with Gasteiger partial charge >= 0.3 is 0 Å². The first kappa shape index (κ1) is 13.5. The fourth-order valence-corrected chi connectivity index (χ4v) is 3.12. The molecule has 4 nitrogen and oxygen atoms in total. The van der Waals surface area contributed by atoms with Gasteiger partial charge in [-0.05, 0) is 44.4 Å². The minimum absolute atomic E-state index is 0.0316. The number of pyridine rings is 1. The van der Waals surface area contributed by atoms with Crippen molar-refractivity contribution in [3.05, 3.63) is 48.2 Å². The monoisotopic (exact) mass is 293 g/mol. The molecule has 0 saturated carbocycles. The summed E-state index contributed by atoms with van der Waals surface area (Å²) in [5, 5.41) is 0. The standard InChI is InChI=1S/C18H19N3O/c1-13-6-4-7-14(12-13)17-20-15-8-5-10-19-18(15)21(17)16-9-2-3-11-22-16/h4-8,10,12,16H,2-3,9,11H2,1H3. The first-order valence-electron chi connectivity index (χ1n) is 7.84. The van der Waals surface area contributed by atoms with Crippen molar-refractivity contribution in [2.45, 2.75) is 32.4 Å². The molecule has 1 aliphatic heterocycles. The number of aromatic nitrogens is 3. The maximum absolute atomic E-state index is 6.01. The molecule has 1 unspecified atom stereocenters. The number of imidazole rings is 1. The zero-order valence-electron chi connectivity index (χ0n) is 12.7. The second-order valence-electron chi connectivity index (χ2n) is 5.84. The van der Waals surface area contributed by atoms with Gasteiger partial charge in [0.15, 0.2) is 5.65 Å². The van der Waals surface area contributed by atoms with Crippen LogP contribution < -0.4 is 0 Å². The molecule has 3 heterocycles. The van der Waals surface area contributed by atoms with Crippen molar-refractivity contribution in [3.63, 3.8) is 0 Å². The van der Waals surface area contributed by atoms with Crippen LogP contribution in [0.1, 0.15) is 31.1 Å². The Morgan fingerprint density at radius 3 is 2.95 bits per heavy atom. The van der Waals surface area contributed by atoms with Crippen molar-refractivity contribution in [2.24, 2.45) is 0 Å². The minimum atomic E-state index is 0.0316. The highest BCUT2D eigenvalue weighted by Crippen LogP contribution is 2.32. The van der Waals surface area contributed by atoms with Crippen molar-refractivity contribution in [3.8, 4) is 11.4 Å². The number of benzene rings is 1. The van der Waals surface area contributed by atoms with Crippen molar-refractivity contribution < 1.29 is 4.74 Å². The van der Waals surface area contributed by atoms with E-state index in [0.717, 1.165) is 42.0 Å². The first-order chi connectivity index (χ1) is 10.8. The van der Waals surface area contributed by atoms with Crippen LogP contribution in [0.5, 0.6) is 0 Å². The van der Waals surface area contributed by atoms with E-state index in [-0.39, 0.29) is 6.23 Å². The van der Waals surface area contributed by atoms with Crippen LogP contribution >= 0.6 is 0 Å². The van der Waals surface area contributed by atoms with Crippen LogP contribution in [-0.2, 0) is 4.74 Å². The second kappa shape index (κ2) is 5.54. The van der Waals surface area contributed by atoms with E-state index in [9.17, 15) is 0 Å². The molecule has 1 fully saturated rings. The minimum Gasteiger partial charge on any atom is -0.358 e. The van der Waals surface area contributed by atoms with Gasteiger partial charge in [-0.3, -0.25) is 4.57 Å². The Kier molecular flexibility index (Phi) is 3.39. The van der Waals surface area contributed by atoms with Gasteiger partial charge in [0.2, 0.25) is 0 Å². The van der Waals surface area contributed by atoms with Gasteiger partial charge in [0.1, 0.15) is 17.6 Å². The highest BCUT2D eigenvalue weighted by atomic mass is 16.5. The molecule has 22 heavy (non-hydrogen) atoms. The Hall–Kier alpha value is -2.20. The molecule has 1 aromatic carbocycles. The van der Waals surface area contributed by atoms with Crippen molar-refractivity contribution >= 4 is 11.2 Å². The third-order valence-electron chi connectivity index (χ3n) is 4.17. The normalized spacial score (nSPS) is 18.7. The predicted octanol–water partition coefficient (Wildman–Crippen LogP) is 4.11. The second-order valence-corrected chi connectivity index (χ2v) is 5.84. The summed E-state index contributed by atoms with van der Waals surface area (Å²) in [7, 11) is 0. The molecule has 0 amide bonds. The molecular weight excluding hydrogens is 274 g/mol. The summed E-state index contributed by atoms with van der Waals surface area (Å²) in [6.45, 7) is 2.91. The Labute approximate surface area is 129 Å². The molecule has 112 valence electrons. The van der Waals surface area contributed by atoms with Crippen LogP contribution in [0.3, 0.4) is 0 Å². The maximum Gasteiger partial charge on any atom is 0.162 e. The fourth-order valence-electron chi connectivity index (χ4n) is 3.12. The number of hydrogen-bond donors (Lipinski definition) is 0. The SMILES string of the molecule is Cc1cccc(-c2nc3cccnc3n2C2CCCCO2)c1. The predicted molar refractivity (Wildman–Crippen MR) is 86.5 cm³/mol. The van der Waals surface area contributed by atoms with E-state index >= 15 is 0 Å². The van der Waals surface area contributed by atoms with E-state index in [1.54, 1.807) is 0 Å². The molecular formula is C18H19N3O. The van der Waals surface area contributed by atoms with Crippen molar-refractivity contribution in [1.29, 1.82) is 0 Å². The Bertz CT molecular complexity index is 803. The fraction of sp³-hybridized carbons (Fsp3) is 0.333. The summed E-state index contributed by atoms with van der Waals surface area (Å²) in [5.74, 6) is 0.948. The molecule has 0 spiro atoms. The quantitative estimate of drug-likeness (QED) is 0.714. The maximum atomic E-state index is 6.01. The number of ether oxygens (including phenoxy) is 1. The summed E-state index contributed by atoms with van der Waals surface area (Å²) < 4.78 is 8.18. The van der Waals surface area contributed by atoms with E-state index in [4.69, 9.17) is 9.72 Å². The molecule has 0 N–H and O–H groups in total. The van der Waals surface area contributed by atoms with Crippen LogP contribution in [0.4, 0.5) is 0 Å². The van der Waals surface area contributed by atoms with Crippen LogP contribution in [0.25, 0.3) is 22.6 Å². The lowest BCUT2D eigenvalue weighted by Crippen LogP contribution is -2.19. The van der Waals surface area contributed by atoms with Gasteiger partial charge in [-0.25, -0.2) is 9.97 Å². The molecule has 2 aromatic heterocycles. The van der Waals surface area contributed by atoms with Crippen molar-refractivity contribution in [2.75, 3.05) is 6.61 Å². The van der Waals surface area contributed by atoms with Crippen LogP contribution in [0.2, 0.25) is 0 Å². The number of nitrogens with zero attached hydrogens (tertiary/aromatic N) is 3. The highest BCUT2D eigenvalue weighted by molar-refractivity contribution is 5.77. The molecule has 0 bridgehead atoms. The van der Waals surface area contributed by atoms with E-state index in [1.165, 1.54) is 12.0 Å². The Balaban J connectivity index is 1.93. The molecule has 3 aromatic rings. The summed E-state index contributed by atoms with van der Waals surface area (Å²) in [6.07, 6.45) is 5.19. The molecule has 1 atom stereocenters. The van der Waals surface area contributed by atoms with Gasteiger partial charge < -0.3 is 4.74 Å². The average molecular weight is 293 g/mol. The van der Waals surface area contributed by atoms with Crippen molar-refractivity contribution in [1.82, 2.24) is 14.5 Å². The number of hydrogen-bond acceptors (Lipinski definition) is 3. The molecule has 1 saturated heterocycles. The Morgan fingerprint density at radius 1 is 1.18 bits per heavy atom. The van der Waals surface area contributed by atoms with Gasteiger partial charge in [0.05, 0.1) is 0 Å². The summed E-state index contributed by atoms with van der Waals surface area (Å²) >= 11 is 0. The van der Waals surface area contributed by atoms with Gasteiger partial charge in [0, 0.05) is 18.4 Å². The number of rotatable bonds is 2. The number of aryl methyl sites for hydroxylation is 1. The van der Waals surface area contributed by atoms with Crippen LogP contribution in [-0.4, -0.2) is 21.1 Å². The highest BCUT2D eigenvalue weighted by Gasteiger charge is 2.23. The van der Waals surface area contributed by atoms with Crippen LogP contribution in [0, 0.1) is 6.92 Å². The van der Waals surface area contributed by atoms with Gasteiger partial charge in [0.25, 0.3) is 0 Å².